The number of thioether (sulfide) groups is 1. The number of carboxylic acids is 1. The molecule has 8 heteroatoms. The molecule has 2 aromatic carbocycles. The maximum absolute atomic E-state index is 12.9. The van der Waals surface area contributed by atoms with Crippen molar-refractivity contribution in [3.8, 4) is 11.5 Å². The van der Waals surface area contributed by atoms with Gasteiger partial charge in [0.1, 0.15) is 10.4 Å². The van der Waals surface area contributed by atoms with Gasteiger partial charge < -0.3 is 19.4 Å². The number of carboxylic acid groups (broad SMARTS) is 1. The van der Waals surface area contributed by atoms with Gasteiger partial charge in [-0.3, -0.25) is 9.69 Å². The average Bonchev–Trinajstić information content (AvgIpc) is 3.22. The van der Waals surface area contributed by atoms with Gasteiger partial charge in [0, 0.05) is 0 Å². The molecule has 2 aliphatic heterocycles. The standard InChI is InChI=1S/C19H13NO5S2/c21-17-15(9-11-6-7-13-14(8-11)25-10-24-13)27-19(26)20(17)16(18(22)23)12-4-2-1-3-5-12/h1-9,16H,10H2,(H,22,23)/p-1/b15-9-/t16-/m1/s1. The number of carbonyl (C=O) groups is 2. The fourth-order valence-corrected chi connectivity index (χ4v) is 4.20. The van der Waals surface area contributed by atoms with E-state index in [4.69, 9.17) is 21.7 Å². The summed E-state index contributed by atoms with van der Waals surface area (Å²) in [5.74, 6) is -0.625. The average molecular weight is 398 g/mol. The zero-order valence-corrected chi connectivity index (χ0v) is 15.4. The lowest BCUT2D eigenvalue weighted by Crippen LogP contribution is -2.43. The maximum atomic E-state index is 12.9. The summed E-state index contributed by atoms with van der Waals surface area (Å²) in [6, 6.07) is 12.4. The number of ether oxygens (including phenoxy) is 2. The van der Waals surface area contributed by atoms with Crippen LogP contribution in [0.4, 0.5) is 0 Å². The lowest BCUT2D eigenvalue weighted by Gasteiger charge is -2.27. The minimum absolute atomic E-state index is 0.158. The SMILES string of the molecule is O=C([O-])[C@@H](c1ccccc1)N1C(=O)/C(=C/c2ccc3c(c2)OCO3)SC1=S. The lowest BCUT2D eigenvalue weighted by atomic mass is 10.1. The van der Waals surface area contributed by atoms with Gasteiger partial charge in [-0.2, -0.15) is 0 Å². The highest BCUT2D eigenvalue weighted by atomic mass is 32.2. The van der Waals surface area contributed by atoms with Gasteiger partial charge in [-0.15, -0.1) is 0 Å². The van der Waals surface area contributed by atoms with E-state index in [2.05, 4.69) is 0 Å². The molecule has 2 aromatic rings. The highest BCUT2D eigenvalue weighted by molar-refractivity contribution is 8.26. The first kappa shape index (κ1) is 17.6. The molecule has 0 saturated carbocycles. The third-order valence-corrected chi connectivity index (χ3v) is 5.45. The number of benzene rings is 2. The fraction of sp³-hybridized carbons (Fsp3) is 0.105. The Balaban J connectivity index is 1.66. The van der Waals surface area contributed by atoms with Crippen LogP contribution in [0.3, 0.4) is 0 Å². The van der Waals surface area contributed by atoms with Crippen molar-refractivity contribution >= 4 is 46.3 Å². The molecule has 1 fully saturated rings. The third kappa shape index (κ3) is 3.29. The number of rotatable bonds is 4. The van der Waals surface area contributed by atoms with Crippen molar-refractivity contribution in [2.75, 3.05) is 6.79 Å². The lowest BCUT2D eigenvalue weighted by molar-refractivity contribution is -0.310. The molecule has 1 saturated heterocycles. The van der Waals surface area contributed by atoms with E-state index in [1.54, 1.807) is 54.6 Å². The van der Waals surface area contributed by atoms with Crippen molar-refractivity contribution in [3.05, 3.63) is 64.6 Å². The van der Waals surface area contributed by atoms with Gasteiger partial charge in [-0.05, 0) is 29.3 Å². The molecule has 27 heavy (non-hydrogen) atoms. The largest absolute Gasteiger partial charge is 0.547 e. The number of amides is 1. The van der Waals surface area contributed by atoms with E-state index < -0.39 is 17.9 Å². The number of aliphatic carboxylic acids is 1. The molecule has 0 N–H and O–H groups in total. The van der Waals surface area contributed by atoms with Crippen LogP contribution >= 0.6 is 24.0 Å². The molecule has 2 heterocycles. The highest BCUT2D eigenvalue weighted by Gasteiger charge is 2.38. The van der Waals surface area contributed by atoms with Crippen molar-refractivity contribution in [2.24, 2.45) is 0 Å². The molecule has 0 bridgehead atoms. The van der Waals surface area contributed by atoms with E-state index in [9.17, 15) is 14.7 Å². The summed E-state index contributed by atoms with van der Waals surface area (Å²) in [7, 11) is 0. The quantitative estimate of drug-likeness (QED) is 0.576. The van der Waals surface area contributed by atoms with Crippen molar-refractivity contribution in [1.29, 1.82) is 0 Å². The first-order valence-electron chi connectivity index (χ1n) is 7.97. The van der Waals surface area contributed by atoms with Crippen molar-refractivity contribution < 1.29 is 24.2 Å². The smallest absolute Gasteiger partial charge is 0.267 e. The minimum atomic E-state index is -1.39. The third-order valence-electron chi connectivity index (χ3n) is 4.11. The van der Waals surface area contributed by atoms with Gasteiger partial charge in [0.15, 0.2) is 11.5 Å². The van der Waals surface area contributed by atoms with E-state index in [0.717, 1.165) is 22.2 Å². The topological polar surface area (TPSA) is 78.9 Å². The first-order chi connectivity index (χ1) is 13.0. The maximum Gasteiger partial charge on any atom is 0.267 e. The molecule has 4 rings (SSSR count). The Morgan fingerprint density at radius 1 is 1.19 bits per heavy atom. The Labute approximate surface area is 164 Å². The van der Waals surface area contributed by atoms with Crippen LogP contribution in [-0.4, -0.2) is 27.9 Å². The van der Waals surface area contributed by atoms with E-state index in [0.29, 0.717) is 22.0 Å². The van der Waals surface area contributed by atoms with Crippen molar-refractivity contribution in [1.82, 2.24) is 4.90 Å². The summed E-state index contributed by atoms with van der Waals surface area (Å²) in [5.41, 5.74) is 1.16. The number of nitrogens with zero attached hydrogens (tertiary/aromatic N) is 1. The van der Waals surface area contributed by atoms with Crippen molar-refractivity contribution in [3.63, 3.8) is 0 Å². The van der Waals surface area contributed by atoms with E-state index >= 15 is 0 Å². The normalized spacial score (nSPS) is 18.2. The van der Waals surface area contributed by atoms with E-state index in [1.165, 1.54) is 0 Å². The monoisotopic (exact) mass is 398 g/mol. The molecule has 1 amide bonds. The first-order valence-corrected chi connectivity index (χ1v) is 9.19. The van der Waals surface area contributed by atoms with Gasteiger partial charge in [0.05, 0.1) is 10.9 Å². The van der Waals surface area contributed by atoms with Gasteiger partial charge in [-0.1, -0.05) is 60.4 Å². The number of hydrogen-bond donors (Lipinski definition) is 0. The molecule has 2 aliphatic rings. The molecular formula is C19H12NO5S2-. The highest BCUT2D eigenvalue weighted by Crippen LogP contribution is 2.39. The van der Waals surface area contributed by atoms with Crippen LogP contribution < -0.4 is 14.6 Å². The van der Waals surface area contributed by atoms with E-state index in [-0.39, 0.29) is 11.1 Å². The van der Waals surface area contributed by atoms with Crippen LogP contribution in [0.5, 0.6) is 11.5 Å². The molecule has 0 aromatic heterocycles. The molecule has 0 spiro atoms. The zero-order chi connectivity index (χ0) is 19.0. The minimum Gasteiger partial charge on any atom is -0.547 e. The molecule has 0 radical (unpaired) electrons. The molecule has 136 valence electrons. The van der Waals surface area contributed by atoms with Crippen LogP contribution in [0.2, 0.25) is 0 Å². The van der Waals surface area contributed by atoms with Gasteiger partial charge in [0.25, 0.3) is 5.91 Å². The molecule has 6 nitrogen and oxygen atoms in total. The number of thiocarbonyl (C=S) groups is 1. The van der Waals surface area contributed by atoms with E-state index in [1.807, 2.05) is 0 Å². The summed E-state index contributed by atoms with van der Waals surface area (Å²) in [6.45, 7) is 0.158. The second kappa shape index (κ2) is 7.05. The number of hydrogen-bond acceptors (Lipinski definition) is 7. The molecule has 0 aliphatic carbocycles. The van der Waals surface area contributed by atoms with Gasteiger partial charge >= 0.3 is 0 Å². The van der Waals surface area contributed by atoms with Gasteiger partial charge in [0.2, 0.25) is 6.79 Å². The molecule has 1 atom stereocenters. The molecule has 0 unspecified atom stereocenters. The number of carbonyl (C=O) groups excluding carboxylic acids is 2. The summed E-state index contributed by atoms with van der Waals surface area (Å²) < 4.78 is 10.8. The van der Waals surface area contributed by atoms with Crippen LogP contribution in [0, 0.1) is 0 Å². The van der Waals surface area contributed by atoms with Gasteiger partial charge in [-0.25, -0.2) is 0 Å². The van der Waals surface area contributed by atoms with Crippen LogP contribution in [0.1, 0.15) is 17.2 Å². The second-order valence-corrected chi connectivity index (χ2v) is 7.47. The van der Waals surface area contributed by atoms with Crippen molar-refractivity contribution in [2.45, 2.75) is 6.04 Å². The summed E-state index contributed by atoms with van der Waals surface area (Å²) in [6.07, 6.45) is 1.65. The second-order valence-electron chi connectivity index (χ2n) is 5.80. The molecular weight excluding hydrogens is 386 g/mol. The van der Waals surface area contributed by atoms with Crippen LogP contribution in [-0.2, 0) is 9.59 Å². The summed E-state index contributed by atoms with van der Waals surface area (Å²) in [5, 5.41) is 11.7. The predicted octanol–water partition coefficient (Wildman–Crippen LogP) is 2.11. The Morgan fingerprint density at radius 3 is 2.67 bits per heavy atom. The Morgan fingerprint density at radius 2 is 1.93 bits per heavy atom. The summed E-state index contributed by atoms with van der Waals surface area (Å²) in [4.78, 5) is 26.0. The van der Waals surface area contributed by atoms with Crippen LogP contribution in [0.25, 0.3) is 6.08 Å². The predicted molar refractivity (Wildman–Crippen MR) is 102 cm³/mol. The Bertz CT molecular complexity index is 973. The summed E-state index contributed by atoms with van der Waals surface area (Å²) >= 11 is 6.33. The fourth-order valence-electron chi connectivity index (χ4n) is 2.88. The Kier molecular flexibility index (Phi) is 4.59. The number of fused-ring (bicyclic) bond motifs is 1. The zero-order valence-electron chi connectivity index (χ0n) is 13.8. The van der Waals surface area contributed by atoms with Crippen LogP contribution in [0.15, 0.2) is 53.4 Å². The Hall–Kier alpha value is -2.84.